The van der Waals surface area contributed by atoms with Crippen LogP contribution in [0.3, 0.4) is 0 Å². The number of likely N-dealkylation sites (N-methyl/N-ethyl adjacent to an activating group) is 1. The molecule has 0 aromatic carbocycles. The van der Waals surface area contributed by atoms with Crippen molar-refractivity contribution in [1.82, 2.24) is 9.80 Å². The van der Waals surface area contributed by atoms with Gasteiger partial charge in [-0.1, -0.05) is 6.92 Å². The Balaban J connectivity index is 1.71. The van der Waals surface area contributed by atoms with Crippen molar-refractivity contribution in [1.29, 1.82) is 0 Å². The number of hydrogen-bond donors (Lipinski definition) is 0. The Hall–Kier alpha value is 0.170. The lowest BCUT2D eigenvalue weighted by Gasteiger charge is -2.38. The topological polar surface area (TPSA) is 15.7 Å². The number of piperidine rings is 1. The summed E-state index contributed by atoms with van der Waals surface area (Å²) in [5.74, 6) is 0.710. The van der Waals surface area contributed by atoms with Gasteiger partial charge in [0, 0.05) is 25.0 Å². The van der Waals surface area contributed by atoms with Crippen molar-refractivity contribution in [3.05, 3.63) is 0 Å². The Morgan fingerprint density at radius 2 is 1.94 bits per heavy atom. The Bertz CT molecular complexity index is 242. The van der Waals surface area contributed by atoms with Crippen molar-refractivity contribution >= 4 is 11.6 Å². The lowest BCUT2D eigenvalue weighted by Crippen LogP contribution is -2.49. The molecule has 0 bridgehead atoms. The third-order valence-electron chi connectivity index (χ3n) is 4.41. The van der Waals surface area contributed by atoms with E-state index >= 15 is 0 Å². The van der Waals surface area contributed by atoms with Gasteiger partial charge in [0.2, 0.25) is 0 Å². The van der Waals surface area contributed by atoms with E-state index in [0.717, 1.165) is 32.8 Å². The summed E-state index contributed by atoms with van der Waals surface area (Å²) in [5.41, 5.74) is 0. The van der Waals surface area contributed by atoms with Gasteiger partial charge in [0.05, 0.1) is 12.7 Å². The van der Waals surface area contributed by atoms with Gasteiger partial charge in [0.25, 0.3) is 0 Å². The van der Waals surface area contributed by atoms with E-state index in [1.54, 1.807) is 0 Å². The number of ether oxygens (including phenoxy) is 1. The minimum atomic E-state index is 0.327. The quantitative estimate of drug-likeness (QED) is 0.730. The summed E-state index contributed by atoms with van der Waals surface area (Å²) < 4.78 is 5.88. The molecule has 0 radical (unpaired) electrons. The summed E-state index contributed by atoms with van der Waals surface area (Å²) in [6, 6.07) is 0. The third-order valence-corrected chi connectivity index (χ3v) is 4.77. The Morgan fingerprint density at radius 3 is 2.56 bits per heavy atom. The largest absolute Gasteiger partial charge is 0.374 e. The van der Waals surface area contributed by atoms with Crippen LogP contribution in [0, 0.1) is 5.92 Å². The van der Waals surface area contributed by atoms with Gasteiger partial charge < -0.3 is 9.64 Å². The molecule has 0 N–H and O–H groups in total. The molecule has 2 fully saturated rings. The molecule has 3 nitrogen and oxygen atoms in total. The number of morpholine rings is 1. The molecule has 0 aromatic heterocycles. The molecule has 2 unspecified atom stereocenters. The van der Waals surface area contributed by atoms with Gasteiger partial charge in [-0.05, 0) is 45.3 Å². The summed E-state index contributed by atoms with van der Waals surface area (Å²) in [7, 11) is 0. The molecule has 0 aromatic rings. The number of nitrogens with zero attached hydrogens (tertiary/aromatic N) is 2. The maximum absolute atomic E-state index is 6.18. The molecular weight excluding hydrogens is 248 g/mol. The summed E-state index contributed by atoms with van der Waals surface area (Å²) in [6.45, 7) is 12.1. The molecule has 0 amide bonds. The van der Waals surface area contributed by atoms with Crippen LogP contribution in [-0.4, -0.2) is 67.2 Å². The number of rotatable bonds is 4. The first kappa shape index (κ1) is 14.6. The molecule has 2 atom stereocenters. The van der Waals surface area contributed by atoms with Crippen LogP contribution in [0.5, 0.6) is 0 Å². The van der Waals surface area contributed by atoms with E-state index in [1.165, 1.54) is 25.9 Å². The van der Waals surface area contributed by atoms with Gasteiger partial charge in [-0.2, -0.15) is 0 Å². The monoisotopic (exact) mass is 274 g/mol. The van der Waals surface area contributed by atoms with Gasteiger partial charge >= 0.3 is 0 Å². The van der Waals surface area contributed by atoms with E-state index in [0.29, 0.717) is 17.4 Å². The standard InChI is InChI=1S/C14H27ClN2O/c1-3-16-8-9-18-14(10-16)11-17-6-4-13(5-7-17)12(2)15/h12-14H,3-11H2,1-2H3. The Labute approximate surface area is 116 Å². The smallest absolute Gasteiger partial charge is 0.0829 e. The fraction of sp³-hybridized carbons (Fsp3) is 1.00. The zero-order valence-corrected chi connectivity index (χ0v) is 12.5. The molecule has 0 saturated carbocycles. The van der Waals surface area contributed by atoms with Crippen molar-refractivity contribution in [3.63, 3.8) is 0 Å². The average Bonchev–Trinajstić information content (AvgIpc) is 2.39. The molecule has 106 valence electrons. The van der Waals surface area contributed by atoms with E-state index < -0.39 is 0 Å². The van der Waals surface area contributed by atoms with E-state index in [4.69, 9.17) is 16.3 Å². The van der Waals surface area contributed by atoms with Gasteiger partial charge in [-0.15, -0.1) is 11.6 Å². The van der Waals surface area contributed by atoms with Crippen LogP contribution in [0.2, 0.25) is 0 Å². The van der Waals surface area contributed by atoms with Gasteiger partial charge in [0.1, 0.15) is 0 Å². The SMILES string of the molecule is CCN1CCOC(CN2CCC(C(C)Cl)CC2)C1. The van der Waals surface area contributed by atoms with Gasteiger partial charge in [0.15, 0.2) is 0 Å². The summed E-state index contributed by atoms with van der Waals surface area (Å²) in [5, 5.41) is 0.327. The van der Waals surface area contributed by atoms with Crippen LogP contribution in [0.4, 0.5) is 0 Å². The fourth-order valence-corrected chi connectivity index (χ4v) is 3.31. The number of alkyl halides is 1. The van der Waals surface area contributed by atoms with Crippen LogP contribution in [0.1, 0.15) is 26.7 Å². The summed E-state index contributed by atoms with van der Waals surface area (Å²) in [6.07, 6.45) is 2.90. The average molecular weight is 275 g/mol. The van der Waals surface area contributed by atoms with E-state index in [2.05, 4.69) is 23.6 Å². The second kappa shape index (κ2) is 7.09. The molecule has 0 spiro atoms. The predicted molar refractivity (Wildman–Crippen MR) is 76.3 cm³/mol. The Kier molecular flexibility index (Phi) is 5.74. The zero-order chi connectivity index (χ0) is 13.0. The van der Waals surface area contributed by atoms with Crippen LogP contribution < -0.4 is 0 Å². The zero-order valence-electron chi connectivity index (χ0n) is 11.8. The van der Waals surface area contributed by atoms with Crippen molar-refractivity contribution in [2.24, 2.45) is 5.92 Å². The van der Waals surface area contributed by atoms with Crippen molar-refractivity contribution in [2.45, 2.75) is 38.2 Å². The van der Waals surface area contributed by atoms with Crippen LogP contribution in [0.15, 0.2) is 0 Å². The highest BCUT2D eigenvalue weighted by atomic mass is 35.5. The van der Waals surface area contributed by atoms with E-state index in [9.17, 15) is 0 Å². The third kappa shape index (κ3) is 4.09. The highest BCUT2D eigenvalue weighted by molar-refractivity contribution is 6.20. The van der Waals surface area contributed by atoms with Crippen LogP contribution in [-0.2, 0) is 4.74 Å². The molecular formula is C14H27ClN2O. The molecule has 2 aliphatic rings. The highest BCUT2D eigenvalue weighted by Crippen LogP contribution is 2.24. The van der Waals surface area contributed by atoms with Crippen molar-refractivity contribution in [3.8, 4) is 0 Å². The second-order valence-electron chi connectivity index (χ2n) is 5.70. The lowest BCUT2D eigenvalue weighted by molar-refractivity contribution is -0.0452. The fourth-order valence-electron chi connectivity index (χ4n) is 3.06. The van der Waals surface area contributed by atoms with E-state index in [1.807, 2.05) is 0 Å². The van der Waals surface area contributed by atoms with Crippen LogP contribution >= 0.6 is 11.6 Å². The van der Waals surface area contributed by atoms with Gasteiger partial charge in [-0.25, -0.2) is 0 Å². The first-order valence-electron chi connectivity index (χ1n) is 7.39. The minimum Gasteiger partial charge on any atom is -0.374 e. The summed E-state index contributed by atoms with van der Waals surface area (Å²) in [4.78, 5) is 5.04. The number of halogens is 1. The molecule has 4 heteroatoms. The first-order chi connectivity index (χ1) is 8.69. The Morgan fingerprint density at radius 1 is 1.22 bits per heavy atom. The molecule has 2 aliphatic heterocycles. The van der Waals surface area contributed by atoms with E-state index in [-0.39, 0.29) is 0 Å². The van der Waals surface area contributed by atoms with Crippen molar-refractivity contribution in [2.75, 3.05) is 45.9 Å². The minimum absolute atomic E-state index is 0.327. The maximum Gasteiger partial charge on any atom is 0.0829 e. The van der Waals surface area contributed by atoms with Crippen LogP contribution in [0.25, 0.3) is 0 Å². The molecule has 18 heavy (non-hydrogen) atoms. The summed E-state index contributed by atoms with van der Waals surface area (Å²) >= 11 is 6.18. The van der Waals surface area contributed by atoms with Gasteiger partial charge in [-0.3, -0.25) is 4.90 Å². The first-order valence-corrected chi connectivity index (χ1v) is 7.83. The number of likely N-dealkylation sites (tertiary alicyclic amines) is 1. The lowest BCUT2D eigenvalue weighted by atomic mass is 9.94. The highest BCUT2D eigenvalue weighted by Gasteiger charge is 2.26. The molecule has 2 heterocycles. The predicted octanol–water partition coefficient (Wildman–Crippen LogP) is 2.05. The maximum atomic E-state index is 6.18. The number of hydrogen-bond acceptors (Lipinski definition) is 3. The second-order valence-corrected chi connectivity index (χ2v) is 6.39. The molecule has 0 aliphatic carbocycles. The van der Waals surface area contributed by atoms with Crippen molar-refractivity contribution < 1.29 is 4.74 Å². The molecule has 2 rings (SSSR count). The normalized spacial score (nSPS) is 30.5. The molecule has 2 saturated heterocycles.